The van der Waals surface area contributed by atoms with E-state index >= 15 is 0 Å². The fourth-order valence-corrected chi connectivity index (χ4v) is 3.42. The zero-order valence-corrected chi connectivity index (χ0v) is 13.4. The standard InChI is InChI=1S/C16H19N3O2S/c1-21-10-15(20)17-13-6-4-5-12(9-13)14-11-22-16(18-14)19-7-2-3-8-19/h4-6,9,11H,2-3,7-8,10H2,1H3,(H,17,20). The van der Waals surface area contributed by atoms with Crippen molar-refractivity contribution < 1.29 is 9.53 Å². The Hall–Kier alpha value is -1.92. The molecule has 0 saturated carbocycles. The van der Waals surface area contributed by atoms with E-state index in [-0.39, 0.29) is 12.5 Å². The van der Waals surface area contributed by atoms with Crippen molar-refractivity contribution >= 4 is 28.1 Å². The van der Waals surface area contributed by atoms with Crippen molar-refractivity contribution in [3.63, 3.8) is 0 Å². The van der Waals surface area contributed by atoms with Crippen LogP contribution in [0.2, 0.25) is 0 Å². The molecule has 1 aromatic heterocycles. The van der Waals surface area contributed by atoms with Gasteiger partial charge in [0.05, 0.1) is 5.69 Å². The van der Waals surface area contributed by atoms with Gasteiger partial charge in [0.2, 0.25) is 5.91 Å². The zero-order valence-electron chi connectivity index (χ0n) is 12.5. The Morgan fingerprint density at radius 2 is 2.23 bits per heavy atom. The molecule has 1 aromatic carbocycles. The number of thiazole rings is 1. The highest BCUT2D eigenvalue weighted by Gasteiger charge is 2.16. The number of ether oxygens (including phenoxy) is 1. The third kappa shape index (κ3) is 3.45. The summed E-state index contributed by atoms with van der Waals surface area (Å²) in [7, 11) is 1.51. The highest BCUT2D eigenvalue weighted by atomic mass is 32.1. The highest BCUT2D eigenvalue weighted by Crippen LogP contribution is 2.30. The van der Waals surface area contributed by atoms with Crippen LogP contribution < -0.4 is 10.2 Å². The second-order valence-corrected chi connectivity index (χ2v) is 6.11. The molecule has 1 aliphatic rings. The van der Waals surface area contributed by atoms with Crippen LogP contribution in [0.25, 0.3) is 11.3 Å². The van der Waals surface area contributed by atoms with E-state index in [0.29, 0.717) is 0 Å². The summed E-state index contributed by atoms with van der Waals surface area (Å²) in [6, 6.07) is 7.74. The molecule has 116 valence electrons. The van der Waals surface area contributed by atoms with Crippen LogP contribution in [-0.2, 0) is 9.53 Å². The van der Waals surface area contributed by atoms with Gasteiger partial charge in [-0.3, -0.25) is 4.79 Å². The summed E-state index contributed by atoms with van der Waals surface area (Å²) in [6.45, 7) is 2.25. The maximum absolute atomic E-state index is 11.6. The summed E-state index contributed by atoms with van der Waals surface area (Å²) < 4.78 is 4.82. The molecule has 22 heavy (non-hydrogen) atoms. The van der Waals surface area contributed by atoms with Crippen LogP contribution in [0.15, 0.2) is 29.6 Å². The summed E-state index contributed by atoms with van der Waals surface area (Å²) in [6.07, 6.45) is 2.49. The van der Waals surface area contributed by atoms with Gasteiger partial charge in [0.25, 0.3) is 0 Å². The molecule has 1 fully saturated rings. The summed E-state index contributed by atoms with van der Waals surface area (Å²) in [5.74, 6) is -0.157. The van der Waals surface area contributed by atoms with Gasteiger partial charge < -0.3 is 15.0 Å². The summed E-state index contributed by atoms with van der Waals surface area (Å²) >= 11 is 1.68. The second kappa shape index (κ2) is 6.89. The maximum Gasteiger partial charge on any atom is 0.250 e. The first-order valence-corrected chi connectivity index (χ1v) is 8.24. The van der Waals surface area contributed by atoms with Crippen LogP contribution in [0.5, 0.6) is 0 Å². The molecule has 0 aliphatic carbocycles. The Balaban J connectivity index is 1.75. The van der Waals surface area contributed by atoms with Gasteiger partial charge in [-0.05, 0) is 25.0 Å². The van der Waals surface area contributed by atoms with Crippen LogP contribution >= 0.6 is 11.3 Å². The number of methoxy groups -OCH3 is 1. The van der Waals surface area contributed by atoms with E-state index in [1.54, 1.807) is 11.3 Å². The topological polar surface area (TPSA) is 54.5 Å². The predicted molar refractivity (Wildman–Crippen MR) is 89.5 cm³/mol. The number of rotatable bonds is 5. The lowest BCUT2D eigenvalue weighted by atomic mass is 10.1. The van der Waals surface area contributed by atoms with Crippen LogP contribution in [0, 0.1) is 0 Å². The van der Waals surface area contributed by atoms with Gasteiger partial charge in [0.1, 0.15) is 6.61 Å². The molecule has 1 amide bonds. The Morgan fingerprint density at radius 3 is 3.00 bits per heavy atom. The molecule has 0 bridgehead atoms. The van der Waals surface area contributed by atoms with Crippen LogP contribution in [0.4, 0.5) is 10.8 Å². The number of carbonyl (C=O) groups is 1. The van der Waals surface area contributed by atoms with Crippen LogP contribution in [0.1, 0.15) is 12.8 Å². The zero-order chi connectivity index (χ0) is 15.4. The SMILES string of the molecule is COCC(=O)Nc1cccc(-c2csc(N3CCCC3)n2)c1. The molecule has 1 saturated heterocycles. The molecule has 0 spiro atoms. The minimum absolute atomic E-state index is 0.0556. The van der Waals surface area contributed by atoms with Crippen molar-refractivity contribution in [2.24, 2.45) is 0 Å². The molecule has 2 aromatic rings. The van der Waals surface area contributed by atoms with Gasteiger partial charge in [0.15, 0.2) is 5.13 Å². The molecule has 3 rings (SSSR count). The average Bonchev–Trinajstić information content (AvgIpc) is 3.19. The first-order chi connectivity index (χ1) is 10.8. The van der Waals surface area contributed by atoms with E-state index in [0.717, 1.165) is 35.2 Å². The third-order valence-electron chi connectivity index (χ3n) is 3.59. The summed E-state index contributed by atoms with van der Waals surface area (Å²) in [4.78, 5) is 18.6. The lowest BCUT2D eigenvalue weighted by Gasteiger charge is -2.12. The summed E-state index contributed by atoms with van der Waals surface area (Å²) in [5, 5.41) is 5.97. The van der Waals surface area contributed by atoms with E-state index in [4.69, 9.17) is 9.72 Å². The van der Waals surface area contributed by atoms with Crippen molar-refractivity contribution in [1.29, 1.82) is 0 Å². The molecule has 0 radical (unpaired) electrons. The number of amides is 1. The maximum atomic E-state index is 11.6. The minimum Gasteiger partial charge on any atom is -0.375 e. The van der Waals surface area contributed by atoms with Crippen molar-refractivity contribution in [2.45, 2.75) is 12.8 Å². The Kier molecular flexibility index (Phi) is 4.70. The van der Waals surface area contributed by atoms with E-state index in [1.165, 1.54) is 20.0 Å². The van der Waals surface area contributed by atoms with E-state index in [1.807, 2.05) is 24.3 Å². The number of aromatic nitrogens is 1. The lowest BCUT2D eigenvalue weighted by molar-refractivity contribution is -0.119. The molecular weight excluding hydrogens is 298 g/mol. The predicted octanol–water partition coefficient (Wildman–Crippen LogP) is 3.00. The molecule has 1 aliphatic heterocycles. The number of anilines is 2. The van der Waals surface area contributed by atoms with Crippen molar-refractivity contribution in [3.8, 4) is 11.3 Å². The third-order valence-corrected chi connectivity index (χ3v) is 4.49. The second-order valence-electron chi connectivity index (χ2n) is 5.27. The molecule has 5 nitrogen and oxygen atoms in total. The summed E-state index contributed by atoms with van der Waals surface area (Å²) in [5.41, 5.74) is 2.72. The first-order valence-electron chi connectivity index (χ1n) is 7.36. The molecular formula is C16H19N3O2S. The Morgan fingerprint density at radius 1 is 1.41 bits per heavy atom. The van der Waals surface area contributed by atoms with E-state index in [2.05, 4.69) is 15.6 Å². The monoisotopic (exact) mass is 317 g/mol. The van der Waals surface area contributed by atoms with E-state index in [9.17, 15) is 4.79 Å². The van der Waals surface area contributed by atoms with Gasteiger partial charge in [-0.15, -0.1) is 11.3 Å². The van der Waals surface area contributed by atoms with Crippen molar-refractivity contribution in [1.82, 2.24) is 4.98 Å². The lowest BCUT2D eigenvalue weighted by Crippen LogP contribution is -2.17. The fourth-order valence-electron chi connectivity index (χ4n) is 2.53. The highest BCUT2D eigenvalue weighted by molar-refractivity contribution is 7.14. The number of nitrogens with one attached hydrogen (secondary N) is 1. The first kappa shape index (κ1) is 15.0. The Labute approximate surface area is 133 Å². The minimum atomic E-state index is -0.157. The van der Waals surface area contributed by atoms with Crippen LogP contribution in [0.3, 0.4) is 0 Å². The Bertz CT molecular complexity index is 650. The number of carbonyl (C=O) groups excluding carboxylic acids is 1. The number of hydrogen-bond acceptors (Lipinski definition) is 5. The molecule has 6 heteroatoms. The molecule has 2 heterocycles. The number of benzene rings is 1. The number of nitrogens with zero attached hydrogens (tertiary/aromatic N) is 2. The van der Waals surface area contributed by atoms with Gasteiger partial charge in [-0.25, -0.2) is 4.98 Å². The molecule has 0 atom stereocenters. The smallest absolute Gasteiger partial charge is 0.250 e. The molecule has 0 unspecified atom stereocenters. The van der Waals surface area contributed by atoms with Gasteiger partial charge in [0, 0.05) is 36.8 Å². The van der Waals surface area contributed by atoms with Gasteiger partial charge in [-0.1, -0.05) is 12.1 Å². The largest absolute Gasteiger partial charge is 0.375 e. The van der Waals surface area contributed by atoms with E-state index < -0.39 is 0 Å². The van der Waals surface area contributed by atoms with Gasteiger partial charge in [-0.2, -0.15) is 0 Å². The average molecular weight is 317 g/mol. The fraction of sp³-hybridized carbons (Fsp3) is 0.375. The normalized spacial score (nSPS) is 14.3. The van der Waals surface area contributed by atoms with Crippen molar-refractivity contribution in [3.05, 3.63) is 29.6 Å². The van der Waals surface area contributed by atoms with Gasteiger partial charge >= 0.3 is 0 Å². The van der Waals surface area contributed by atoms with Crippen LogP contribution in [-0.4, -0.2) is 37.7 Å². The molecule has 1 N–H and O–H groups in total. The number of hydrogen-bond donors (Lipinski definition) is 1. The quantitative estimate of drug-likeness (QED) is 0.921. The van der Waals surface area contributed by atoms with Crippen molar-refractivity contribution in [2.75, 3.05) is 37.0 Å².